The predicted octanol–water partition coefficient (Wildman–Crippen LogP) is 18.5. The number of hydrogen-bond donors (Lipinski definition) is 0. The summed E-state index contributed by atoms with van der Waals surface area (Å²) < 4.78 is 54.0. The molecule has 0 aliphatic heterocycles. The average molecular weight is 1130 g/mol. The van der Waals surface area contributed by atoms with Crippen molar-refractivity contribution in [3.05, 3.63) is 311 Å². The van der Waals surface area contributed by atoms with Crippen molar-refractivity contribution in [3.63, 3.8) is 0 Å². The third-order valence-corrected chi connectivity index (χ3v) is 16.1. The van der Waals surface area contributed by atoms with Crippen molar-refractivity contribution in [1.82, 2.24) is 0 Å². The minimum absolute atomic E-state index is 0.356. The van der Waals surface area contributed by atoms with Crippen LogP contribution in [0.25, 0.3) is 89.5 Å². The van der Waals surface area contributed by atoms with Gasteiger partial charge in [-0.2, -0.15) is 0 Å². The second kappa shape index (κ2) is 27.8. The van der Waals surface area contributed by atoms with Crippen LogP contribution < -0.4 is 18.3 Å². The van der Waals surface area contributed by atoms with Crippen LogP contribution in [0.3, 0.4) is 0 Å². The predicted molar refractivity (Wildman–Crippen MR) is 361 cm³/mol. The van der Waals surface area contributed by atoms with E-state index in [1.807, 2.05) is 66.6 Å². The van der Waals surface area contributed by atoms with E-state index in [2.05, 4.69) is 272 Å². The average Bonchev–Trinajstić information content (AvgIpc) is 0.824. The summed E-state index contributed by atoms with van der Waals surface area (Å²) in [5.41, 5.74) is 29.5. The molecule has 0 amide bonds. The van der Waals surface area contributed by atoms with Gasteiger partial charge in [-0.25, -0.2) is 18.3 Å². The van der Waals surface area contributed by atoms with Crippen LogP contribution in [0.2, 0.25) is 0 Å². The summed E-state index contributed by atoms with van der Waals surface area (Å²) in [6.45, 7) is 12.7. The second-order valence-corrected chi connectivity index (χ2v) is 22.6. The Labute approximate surface area is 521 Å². The van der Waals surface area contributed by atoms with Crippen molar-refractivity contribution in [2.24, 2.45) is 28.2 Å². The maximum atomic E-state index is 7.71. The van der Waals surface area contributed by atoms with Gasteiger partial charge in [-0.3, -0.25) is 0 Å². The molecule has 0 saturated carbocycles. The molecule has 0 atom stereocenters. The van der Waals surface area contributed by atoms with Gasteiger partial charge in [0.05, 0.1) is 0 Å². The van der Waals surface area contributed by atoms with Crippen LogP contribution in [0.1, 0.15) is 63.9 Å². The fourth-order valence-corrected chi connectivity index (χ4v) is 11.3. The van der Waals surface area contributed by atoms with Crippen LogP contribution in [-0.2, 0) is 28.2 Å². The molecule has 8 aromatic carbocycles. The molecule has 4 heteroatoms. The molecule has 12 aromatic rings. The SMILES string of the molecule is Cc1cc(-c2cccc[n+]2C)c(C)cc1-c1ccccc1.Cc1ccc(-c2ccccc2)cc1-c1cccc[n+]1C.[2H]C([2H])([2H])c1c[n+](C)c(-c2cc(C)c(-c3ccccc3)cc2C)cc1C.[2H]C([2H])([2H])c1ccc(-c2cc(C)c(-c3ccccc3)cc2C)[n+](C)c1. The van der Waals surface area contributed by atoms with Gasteiger partial charge in [-0.1, -0.05) is 152 Å². The largest absolute Gasteiger partial charge is 0.212 e. The molecule has 0 N–H and O–H groups in total. The number of nitrogens with zero attached hydrogens (tertiary/aromatic N) is 4. The first kappa shape index (κ1) is 53.1. The highest BCUT2D eigenvalue weighted by molar-refractivity contribution is 5.77. The standard InChI is InChI=1S/C22H24N.C21H22N.C20H20N.C19H18N/c1-15-13-22(23(5)14-18(15)4)21-12-16(2)20(11-17(21)3)19-9-7-6-8-10-19;1-15-10-11-21(22(4)14-15)20-13-16(2)19(12-17(20)3)18-8-6-5-7-9-18;1-15-14-19(20-11-7-8-12-21(20)3)16(2)13-18(15)17-9-5-4-6-10-17;1-15-11-12-17(16-8-4-3-5-9-16)14-18(15)19-10-6-7-13-20(19)2/h6-14H,1-5H3;5-14H,1-4H3;4-14H,1-3H3;3-14H,1-2H3/q4*+1/i4D3;1D3;;. The molecule has 86 heavy (non-hydrogen) atoms. The number of rotatable bonds is 8. The molecular formula is C82H84N4+4. The van der Waals surface area contributed by atoms with Crippen molar-refractivity contribution in [1.29, 1.82) is 0 Å². The fraction of sp³-hybridized carbons (Fsp3) is 0.171. The monoisotopic (exact) mass is 1130 g/mol. The topological polar surface area (TPSA) is 15.5 Å². The van der Waals surface area contributed by atoms with E-state index < -0.39 is 13.7 Å². The first-order chi connectivity index (χ1) is 43.9. The fourth-order valence-electron chi connectivity index (χ4n) is 11.3. The van der Waals surface area contributed by atoms with Crippen LogP contribution in [0, 0.1) is 69.1 Å². The van der Waals surface area contributed by atoms with Gasteiger partial charge in [0.2, 0.25) is 22.8 Å². The van der Waals surface area contributed by atoms with Gasteiger partial charge in [0.1, 0.15) is 28.2 Å². The molecule has 0 spiro atoms. The van der Waals surface area contributed by atoms with E-state index in [0.29, 0.717) is 11.1 Å². The lowest BCUT2D eigenvalue weighted by Gasteiger charge is -2.12. The Kier molecular flexibility index (Phi) is 17.2. The highest BCUT2D eigenvalue weighted by Gasteiger charge is 2.19. The summed E-state index contributed by atoms with van der Waals surface area (Å²) in [6.07, 6.45) is 7.61. The van der Waals surface area contributed by atoms with E-state index in [0.717, 1.165) is 28.1 Å². The molecule has 0 bridgehead atoms. The van der Waals surface area contributed by atoms with E-state index in [1.54, 1.807) is 18.5 Å². The van der Waals surface area contributed by atoms with Crippen LogP contribution in [-0.4, -0.2) is 0 Å². The normalized spacial score (nSPS) is 12.0. The number of hydrogen-bond acceptors (Lipinski definition) is 0. The lowest BCUT2D eigenvalue weighted by molar-refractivity contribution is -0.660. The molecule has 0 saturated heterocycles. The van der Waals surface area contributed by atoms with E-state index in [4.69, 9.17) is 8.22 Å². The lowest BCUT2D eigenvalue weighted by Crippen LogP contribution is -2.31. The smallest absolute Gasteiger partial charge is 0.201 e. The Morgan fingerprint density at radius 3 is 1.00 bits per heavy atom. The molecular weight excluding hydrogens is 1040 g/mol. The first-order valence-electron chi connectivity index (χ1n) is 32.5. The zero-order chi connectivity index (χ0) is 66.0. The number of aryl methyl sites for hydroxylation is 14. The Balaban J connectivity index is 0.000000146. The Hall–Kier alpha value is -9.64. The summed E-state index contributed by atoms with van der Waals surface area (Å²) in [5, 5.41) is 0. The maximum absolute atomic E-state index is 7.71. The van der Waals surface area contributed by atoms with Crippen molar-refractivity contribution >= 4 is 0 Å². The van der Waals surface area contributed by atoms with Crippen LogP contribution in [0.5, 0.6) is 0 Å². The number of aromatic nitrogens is 4. The first-order valence-corrected chi connectivity index (χ1v) is 29.5. The van der Waals surface area contributed by atoms with E-state index >= 15 is 0 Å². The Morgan fingerprint density at radius 2 is 0.593 bits per heavy atom. The third-order valence-electron chi connectivity index (χ3n) is 16.1. The number of benzene rings is 8. The molecule has 4 nitrogen and oxygen atoms in total. The van der Waals surface area contributed by atoms with Crippen molar-refractivity contribution in [2.75, 3.05) is 0 Å². The van der Waals surface area contributed by atoms with E-state index in [9.17, 15) is 0 Å². The van der Waals surface area contributed by atoms with Gasteiger partial charge < -0.3 is 0 Å². The van der Waals surface area contributed by atoms with Gasteiger partial charge in [-0.05, 0) is 201 Å². The third kappa shape index (κ3) is 14.5. The van der Waals surface area contributed by atoms with Gasteiger partial charge in [-0.15, -0.1) is 0 Å². The van der Waals surface area contributed by atoms with Crippen molar-refractivity contribution in [2.45, 2.75) is 69.1 Å². The van der Waals surface area contributed by atoms with E-state index in [1.165, 1.54) is 106 Å². The minimum Gasteiger partial charge on any atom is -0.201 e. The summed E-state index contributed by atoms with van der Waals surface area (Å²) in [7, 11) is 7.98. The van der Waals surface area contributed by atoms with Gasteiger partial charge in [0.25, 0.3) is 0 Å². The molecule has 0 aliphatic carbocycles. The Bertz CT molecular complexity index is 4540. The highest BCUT2D eigenvalue weighted by atomic mass is 14.9. The molecule has 4 aromatic heterocycles. The Morgan fingerprint density at radius 1 is 0.233 bits per heavy atom. The van der Waals surface area contributed by atoms with Crippen molar-refractivity contribution < 1.29 is 26.5 Å². The summed E-state index contributed by atoms with van der Waals surface area (Å²) in [4.78, 5) is 0. The summed E-state index contributed by atoms with van der Waals surface area (Å²) in [6, 6.07) is 80.1. The molecule has 0 fully saturated rings. The summed E-state index contributed by atoms with van der Waals surface area (Å²) in [5.74, 6) is 0. The molecule has 428 valence electrons. The van der Waals surface area contributed by atoms with Crippen LogP contribution in [0.4, 0.5) is 0 Å². The summed E-state index contributed by atoms with van der Waals surface area (Å²) >= 11 is 0. The molecule has 0 unspecified atom stereocenters. The van der Waals surface area contributed by atoms with Gasteiger partial charge >= 0.3 is 0 Å². The van der Waals surface area contributed by atoms with E-state index in [-0.39, 0.29) is 0 Å². The lowest BCUT2D eigenvalue weighted by atomic mass is 9.93. The number of pyridine rings is 4. The van der Waals surface area contributed by atoms with Gasteiger partial charge in [0.15, 0.2) is 24.8 Å². The van der Waals surface area contributed by atoms with Crippen molar-refractivity contribution in [3.8, 4) is 89.5 Å². The quantitative estimate of drug-likeness (QED) is 0.135. The molecule has 12 rings (SSSR count). The van der Waals surface area contributed by atoms with Crippen LogP contribution >= 0.6 is 0 Å². The minimum atomic E-state index is -2.09. The molecule has 4 heterocycles. The highest BCUT2D eigenvalue weighted by Crippen LogP contribution is 2.34. The van der Waals surface area contributed by atoms with Gasteiger partial charge in [0, 0.05) is 78.0 Å². The molecule has 0 radical (unpaired) electrons. The molecule has 0 aliphatic rings. The zero-order valence-corrected chi connectivity index (χ0v) is 52.0. The van der Waals surface area contributed by atoms with Crippen LogP contribution in [0.15, 0.2) is 255 Å². The second-order valence-electron chi connectivity index (χ2n) is 22.6. The maximum Gasteiger partial charge on any atom is 0.212 e. The zero-order valence-electron chi connectivity index (χ0n) is 58.0.